The third-order valence-corrected chi connectivity index (χ3v) is 4.44. The molecule has 2 atom stereocenters. The zero-order valence-corrected chi connectivity index (χ0v) is 13.1. The van der Waals surface area contributed by atoms with Crippen LogP contribution in [0.2, 0.25) is 0 Å². The Labute approximate surface area is 123 Å². The van der Waals surface area contributed by atoms with Gasteiger partial charge in [0.05, 0.1) is 7.11 Å². The van der Waals surface area contributed by atoms with E-state index in [0.717, 1.165) is 24.8 Å². The van der Waals surface area contributed by atoms with E-state index in [9.17, 15) is 0 Å². The Kier molecular flexibility index (Phi) is 5.86. The van der Waals surface area contributed by atoms with Gasteiger partial charge in [0.2, 0.25) is 0 Å². The van der Waals surface area contributed by atoms with E-state index in [1.54, 1.807) is 7.11 Å². The molecule has 3 nitrogen and oxygen atoms in total. The number of likely N-dealkylation sites (N-methyl/N-ethyl adjacent to an activating group) is 1. The Morgan fingerprint density at radius 1 is 1.35 bits per heavy atom. The number of benzene rings is 1. The molecule has 3 heteroatoms. The maximum atomic E-state index is 5.20. The van der Waals surface area contributed by atoms with Crippen molar-refractivity contribution in [1.29, 1.82) is 0 Å². The quantitative estimate of drug-likeness (QED) is 0.828. The number of ether oxygens (including phenoxy) is 1. The third kappa shape index (κ3) is 3.97. The first-order valence-electron chi connectivity index (χ1n) is 7.78. The van der Waals surface area contributed by atoms with Crippen molar-refractivity contribution >= 4 is 0 Å². The molecule has 0 spiro atoms. The molecule has 1 heterocycles. The highest BCUT2D eigenvalue weighted by Crippen LogP contribution is 2.22. The fraction of sp³-hybridized carbons (Fsp3) is 0.647. The molecular formula is C17H28N2O. The van der Waals surface area contributed by atoms with Crippen LogP contribution in [0, 0.1) is 0 Å². The van der Waals surface area contributed by atoms with Gasteiger partial charge in [0.15, 0.2) is 0 Å². The monoisotopic (exact) mass is 276 g/mol. The number of methoxy groups -OCH3 is 1. The predicted molar refractivity (Wildman–Crippen MR) is 84.4 cm³/mol. The van der Waals surface area contributed by atoms with Crippen LogP contribution in [0.15, 0.2) is 24.3 Å². The Balaban J connectivity index is 1.83. The van der Waals surface area contributed by atoms with Crippen LogP contribution in [0.4, 0.5) is 0 Å². The lowest BCUT2D eigenvalue weighted by atomic mass is 10.0. The molecule has 0 aliphatic carbocycles. The van der Waals surface area contributed by atoms with E-state index in [1.807, 2.05) is 0 Å². The number of nitrogens with zero attached hydrogens (tertiary/aromatic N) is 1. The molecule has 2 rings (SSSR count). The third-order valence-electron chi connectivity index (χ3n) is 4.44. The van der Waals surface area contributed by atoms with Crippen LogP contribution in [-0.4, -0.2) is 44.2 Å². The fourth-order valence-corrected chi connectivity index (χ4v) is 3.23. The molecule has 0 saturated carbocycles. The second kappa shape index (κ2) is 7.65. The minimum atomic E-state index is 0.665. The molecule has 1 aromatic carbocycles. The lowest BCUT2D eigenvalue weighted by Gasteiger charge is -2.30. The average molecular weight is 276 g/mol. The molecule has 112 valence electrons. The van der Waals surface area contributed by atoms with Crippen LogP contribution >= 0.6 is 0 Å². The van der Waals surface area contributed by atoms with E-state index in [0.29, 0.717) is 6.04 Å². The molecule has 20 heavy (non-hydrogen) atoms. The van der Waals surface area contributed by atoms with Crippen LogP contribution in [0.3, 0.4) is 0 Å². The van der Waals surface area contributed by atoms with Crippen molar-refractivity contribution in [3.63, 3.8) is 0 Å². The minimum absolute atomic E-state index is 0.665. The van der Waals surface area contributed by atoms with Gasteiger partial charge in [-0.05, 0) is 63.9 Å². The number of likely N-dealkylation sites (tertiary alicyclic amines) is 1. The largest absolute Gasteiger partial charge is 0.497 e. The minimum Gasteiger partial charge on any atom is -0.497 e. The highest BCUT2D eigenvalue weighted by Gasteiger charge is 2.27. The Bertz CT molecular complexity index is 390. The van der Waals surface area contributed by atoms with Crippen LogP contribution in [-0.2, 0) is 6.42 Å². The van der Waals surface area contributed by atoms with Gasteiger partial charge in [-0.1, -0.05) is 12.1 Å². The first-order valence-corrected chi connectivity index (χ1v) is 7.78. The first-order chi connectivity index (χ1) is 9.74. The van der Waals surface area contributed by atoms with E-state index >= 15 is 0 Å². The maximum Gasteiger partial charge on any atom is 0.118 e. The van der Waals surface area contributed by atoms with Crippen LogP contribution in [0.5, 0.6) is 5.75 Å². The number of aryl methyl sites for hydroxylation is 1. The zero-order valence-electron chi connectivity index (χ0n) is 13.1. The highest BCUT2D eigenvalue weighted by molar-refractivity contribution is 5.27. The molecule has 1 N–H and O–H groups in total. The molecule has 1 fully saturated rings. The molecular weight excluding hydrogens is 248 g/mol. The van der Waals surface area contributed by atoms with Crippen molar-refractivity contribution in [3.05, 3.63) is 29.8 Å². The van der Waals surface area contributed by atoms with E-state index in [-0.39, 0.29) is 0 Å². The smallest absolute Gasteiger partial charge is 0.118 e. The second-order valence-corrected chi connectivity index (χ2v) is 5.83. The van der Waals surface area contributed by atoms with Gasteiger partial charge in [0, 0.05) is 18.6 Å². The van der Waals surface area contributed by atoms with Crippen molar-refractivity contribution in [2.45, 2.75) is 44.7 Å². The van der Waals surface area contributed by atoms with Crippen molar-refractivity contribution in [3.8, 4) is 5.75 Å². The molecule has 0 aromatic heterocycles. The van der Waals surface area contributed by atoms with Crippen molar-refractivity contribution in [1.82, 2.24) is 10.2 Å². The summed E-state index contributed by atoms with van der Waals surface area (Å²) in [6.07, 6.45) is 5.06. The summed E-state index contributed by atoms with van der Waals surface area (Å²) in [5.41, 5.74) is 1.40. The molecule has 0 radical (unpaired) electrons. The topological polar surface area (TPSA) is 24.5 Å². The summed E-state index contributed by atoms with van der Waals surface area (Å²) >= 11 is 0. The van der Waals surface area contributed by atoms with Crippen molar-refractivity contribution in [2.75, 3.05) is 27.2 Å². The SMILES string of the molecule is CNCC1CCCN1C(C)CCc1ccc(OC)cc1. The summed E-state index contributed by atoms with van der Waals surface area (Å²) < 4.78 is 5.20. The molecule has 1 aliphatic heterocycles. The van der Waals surface area contributed by atoms with Gasteiger partial charge in [-0.25, -0.2) is 0 Å². The second-order valence-electron chi connectivity index (χ2n) is 5.83. The Morgan fingerprint density at radius 3 is 2.75 bits per heavy atom. The van der Waals surface area contributed by atoms with Gasteiger partial charge in [-0.2, -0.15) is 0 Å². The molecule has 0 amide bonds. The summed E-state index contributed by atoms with van der Waals surface area (Å²) in [7, 11) is 3.77. The Morgan fingerprint density at radius 2 is 2.10 bits per heavy atom. The van der Waals surface area contributed by atoms with E-state index in [4.69, 9.17) is 4.74 Å². The van der Waals surface area contributed by atoms with Gasteiger partial charge in [0.25, 0.3) is 0 Å². The number of hydrogen-bond donors (Lipinski definition) is 1. The van der Waals surface area contributed by atoms with Gasteiger partial charge in [-0.3, -0.25) is 4.90 Å². The lowest BCUT2D eigenvalue weighted by molar-refractivity contribution is 0.181. The van der Waals surface area contributed by atoms with Gasteiger partial charge in [-0.15, -0.1) is 0 Å². The van der Waals surface area contributed by atoms with Gasteiger partial charge < -0.3 is 10.1 Å². The molecule has 0 bridgehead atoms. The summed E-state index contributed by atoms with van der Waals surface area (Å²) in [4.78, 5) is 2.68. The summed E-state index contributed by atoms with van der Waals surface area (Å²) in [5, 5.41) is 3.33. The van der Waals surface area contributed by atoms with Crippen molar-refractivity contribution in [2.24, 2.45) is 0 Å². The van der Waals surface area contributed by atoms with Crippen LogP contribution in [0.25, 0.3) is 0 Å². The van der Waals surface area contributed by atoms with E-state index < -0.39 is 0 Å². The highest BCUT2D eigenvalue weighted by atomic mass is 16.5. The standard InChI is InChI=1S/C17H28N2O/c1-14(19-12-4-5-16(19)13-18-2)6-7-15-8-10-17(20-3)11-9-15/h8-11,14,16,18H,4-7,12-13H2,1-3H3. The summed E-state index contributed by atoms with van der Waals surface area (Å²) in [5.74, 6) is 0.940. The van der Waals surface area contributed by atoms with Crippen LogP contribution in [0.1, 0.15) is 31.7 Å². The maximum absolute atomic E-state index is 5.20. The first kappa shape index (κ1) is 15.3. The molecule has 1 aromatic rings. The van der Waals surface area contributed by atoms with Gasteiger partial charge >= 0.3 is 0 Å². The number of nitrogens with one attached hydrogen (secondary N) is 1. The average Bonchev–Trinajstić information content (AvgIpc) is 2.94. The van der Waals surface area contributed by atoms with Crippen LogP contribution < -0.4 is 10.1 Å². The molecule has 1 aliphatic rings. The fourth-order valence-electron chi connectivity index (χ4n) is 3.23. The number of rotatable bonds is 7. The van der Waals surface area contributed by atoms with Gasteiger partial charge in [0.1, 0.15) is 5.75 Å². The normalized spacial score (nSPS) is 21.1. The van der Waals surface area contributed by atoms with E-state index in [1.165, 1.54) is 31.4 Å². The Hall–Kier alpha value is -1.06. The lowest BCUT2D eigenvalue weighted by Crippen LogP contribution is -2.42. The molecule has 2 unspecified atom stereocenters. The predicted octanol–water partition coefficient (Wildman–Crippen LogP) is 2.70. The zero-order chi connectivity index (χ0) is 14.4. The molecule has 1 saturated heterocycles. The van der Waals surface area contributed by atoms with E-state index in [2.05, 4.69) is 48.5 Å². The summed E-state index contributed by atoms with van der Waals surface area (Å²) in [6.45, 7) is 4.75. The summed E-state index contributed by atoms with van der Waals surface area (Å²) in [6, 6.07) is 9.87. The van der Waals surface area contributed by atoms with Crippen molar-refractivity contribution < 1.29 is 4.74 Å². The number of hydrogen-bond acceptors (Lipinski definition) is 3.